The van der Waals surface area contributed by atoms with Gasteiger partial charge < -0.3 is 9.80 Å². The maximum atomic E-state index is 11.7. The smallest absolute Gasteiger partial charge is 0.266 e. The summed E-state index contributed by atoms with van der Waals surface area (Å²) in [4.78, 5) is 25.2. The highest BCUT2D eigenvalue weighted by Gasteiger charge is 2.20. The van der Waals surface area contributed by atoms with E-state index in [1.165, 1.54) is 4.68 Å². The molecule has 0 aromatic carbocycles. The molecule has 0 amide bonds. The van der Waals surface area contributed by atoms with Crippen molar-refractivity contribution in [2.45, 2.75) is 25.5 Å². The van der Waals surface area contributed by atoms with E-state index in [0.29, 0.717) is 6.54 Å². The highest BCUT2D eigenvalue weighted by atomic mass is 32.2. The molecule has 1 fully saturated rings. The summed E-state index contributed by atoms with van der Waals surface area (Å²) in [5.41, 5.74) is 0.935. The molecule has 2 aromatic rings. The number of piperazine rings is 1. The quantitative estimate of drug-likeness (QED) is 0.612. The lowest BCUT2D eigenvalue weighted by Gasteiger charge is -2.36. The van der Waals surface area contributed by atoms with Crippen LogP contribution in [0.25, 0.3) is 0 Å². The van der Waals surface area contributed by atoms with Crippen LogP contribution in [0.2, 0.25) is 0 Å². The molecule has 0 radical (unpaired) electrons. The van der Waals surface area contributed by atoms with Gasteiger partial charge in [-0.05, 0) is 26.2 Å². The SMILES string of the molecule is CCn1nc(N2CCN(c3cc(C)nc(SC)n3)CC2)ccc1=O. The van der Waals surface area contributed by atoms with E-state index >= 15 is 0 Å². The van der Waals surface area contributed by atoms with E-state index in [4.69, 9.17) is 0 Å². The Morgan fingerprint density at radius 3 is 2.38 bits per heavy atom. The standard InChI is InChI=1S/C16H22N6OS/c1-4-22-15(23)6-5-13(19-22)20-7-9-21(10-8-20)14-11-12(2)17-16(18-14)24-3/h5-6,11H,4,7-10H2,1-3H3. The molecule has 3 rings (SSSR count). The second-order valence-electron chi connectivity index (χ2n) is 5.67. The van der Waals surface area contributed by atoms with E-state index in [2.05, 4.69) is 24.9 Å². The molecule has 7 nitrogen and oxygen atoms in total. The van der Waals surface area contributed by atoms with E-state index in [9.17, 15) is 4.79 Å². The minimum absolute atomic E-state index is 0.0547. The molecule has 1 aliphatic rings. The van der Waals surface area contributed by atoms with Crippen LogP contribution in [0.3, 0.4) is 0 Å². The van der Waals surface area contributed by atoms with Crippen molar-refractivity contribution in [2.24, 2.45) is 0 Å². The van der Waals surface area contributed by atoms with Gasteiger partial charge in [-0.2, -0.15) is 5.10 Å². The average molecular weight is 346 g/mol. The molecule has 0 N–H and O–H groups in total. The summed E-state index contributed by atoms with van der Waals surface area (Å²) in [6.07, 6.45) is 1.99. The van der Waals surface area contributed by atoms with Crippen LogP contribution >= 0.6 is 11.8 Å². The Kier molecular flexibility index (Phi) is 5.03. The van der Waals surface area contributed by atoms with Gasteiger partial charge in [-0.1, -0.05) is 11.8 Å². The Morgan fingerprint density at radius 1 is 1.08 bits per heavy atom. The third-order valence-corrected chi connectivity index (χ3v) is 4.63. The number of hydrogen-bond acceptors (Lipinski definition) is 7. The van der Waals surface area contributed by atoms with Gasteiger partial charge in [0.05, 0.1) is 0 Å². The monoisotopic (exact) mass is 346 g/mol. The lowest BCUT2D eigenvalue weighted by molar-refractivity contribution is 0.586. The average Bonchev–Trinajstić information content (AvgIpc) is 2.61. The number of rotatable bonds is 4. The van der Waals surface area contributed by atoms with E-state index in [0.717, 1.165) is 48.7 Å². The molecule has 0 aliphatic carbocycles. The Balaban J connectivity index is 1.72. The minimum atomic E-state index is -0.0547. The van der Waals surface area contributed by atoms with Gasteiger partial charge in [-0.25, -0.2) is 14.6 Å². The topological polar surface area (TPSA) is 67.2 Å². The number of aromatic nitrogens is 4. The Labute approximate surface area is 145 Å². The van der Waals surface area contributed by atoms with Gasteiger partial charge in [0.1, 0.15) is 11.6 Å². The van der Waals surface area contributed by atoms with E-state index in [1.807, 2.05) is 32.2 Å². The maximum absolute atomic E-state index is 11.7. The van der Waals surface area contributed by atoms with Gasteiger partial charge in [0.2, 0.25) is 0 Å². The zero-order valence-corrected chi connectivity index (χ0v) is 15.1. The van der Waals surface area contributed by atoms with Crippen molar-refractivity contribution in [2.75, 3.05) is 42.2 Å². The van der Waals surface area contributed by atoms with E-state index in [1.54, 1.807) is 17.8 Å². The van der Waals surface area contributed by atoms with Crippen molar-refractivity contribution < 1.29 is 0 Å². The Bertz CT molecular complexity index is 769. The van der Waals surface area contributed by atoms with Crippen LogP contribution in [0, 0.1) is 6.92 Å². The predicted octanol–water partition coefficient (Wildman–Crippen LogP) is 1.41. The number of thioether (sulfide) groups is 1. The van der Waals surface area contributed by atoms with Gasteiger partial charge in [0.25, 0.3) is 5.56 Å². The van der Waals surface area contributed by atoms with Crippen LogP contribution in [0.5, 0.6) is 0 Å². The molecule has 1 saturated heterocycles. The van der Waals surface area contributed by atoms with Gasteiger partial charge in [0.15, 0.2) is 5.16 Å². The molecule has 24 heavy (non-hydrogen) atoms. The first-order valence-corrected chi connectivity index (χ1v) is 9.31. The van der Waals surface area contributed by atoms with Crippen molar-refractivity contribution >= 4 is 23.4 Å². The summed E-state index contributed by atoms with van der Waals surface area (Å²) in [6.45, 7) is 7.97. The van der Waals surface area contributed by atoms with Gasteiger partial charge in [-0.15, -0.1) is 0 Å². The highest BCUT2D eigenvalue weighted by molar-refractivity contribution is 7.98. The number of aryl methyl sites for hydroxylation is 2. The third-order valence-electron chi connectivity index (χ3n) is 4.08. The second-order valence-corrected chi connectivity index (χ2v) is 6.45. The molecular formula is C16H22N6OS. The fourth-order valence-corrected chi connectivity index (χ4v) is 3.20. The number of hydrogen-bond donors (Lipinski definition) is 0. The molecule has 128 valence electrons. The van der Waals surface area contributed by atoms with Gasteiger partial charge >= 0.3 is 0 Å². The molecule has 0 saturated carbocycles. The molecule has 1 aliphatic heterocycles. The molecule has 0 unspecified atom stereocenters. The fraction of sp³-hybridized carbons (Fsp3) is 0.500. The van der Waals surface area contributed by atoms with E-state index in [-0.39, 0.29) is 5.56 Å². The largest absolute Gasteiger partial charge is 0.353 e. The summed E-state index contributed by atoms with van der Waals surface area (Å²) in [5.74, 6) is 1.85. The zero-order chi connectivity index (χ0) is 17.1. The summed E-state index contributed by atoms with van der Waals surface area (Å²) in [5, 5.41) is 5.25. The maximum Gasteiger partial charge on any atom is 0.266 e. The summed E-state index contributed by atoms with van der Waals surface area (Å²) >= 11 is 1.56. The van der Waals surface area contributed by atoms with Crippen molar-refractivity contribution in [3.63, 3.8) is 0 Å². The van der Waals surface area contributed by atoms with E-state index < -0.39 is 0 Å². The highest BCUT2D eigenvalue weighted by Crippen LogP contribution is 2.20. The first-order valence-electron chi connectivity index (χ1n) is 8.08. The zero-order valence-electron chi connectivity index (χ0n) is 14.3. The molecule has 3 heterocycles. The van der Waals surface area contributed by atoms with Gasteiger partial charge in [0, 0.05) is 50.6 Å². The molecule has 2 aromatic heterocycles. The number of nitrogens with zero attached hydrogens (tertiary/aromatic N) is 6. The number of anilines is 2. The van der Waals surface area contributed by atoms with Crippen molar-refractivity contribution in [1.29, 1.82) is 0 Å². The van der Waals surface area contributed by atoms with Crippen LogP contribution in [0.4, 0.5) is 11.6 Å². The predicted molar refractivity (Wildman–Crippen MR) is 97.1 cm³/mol. The van der Waals surface area contributed by atoms with Crippen molar-refractivity contribution in [1.82, 2.24) is 19.7 Å². The molecule has 0 spiro atoms. The molecule has 8 heteroatoms. The third kappa shape index (κ3) is 3.53. The Morgan fingerprint density at radius 2 is 1.75 bits per heavy atom. The summed E-state index contributed by atoms with van der Waals surface area (Å²) in [6, 6.07) is 5.44. The minimum Gasteiger partial charge on any atom is -0.353 e. The van der Waals surface area contributed by atoms with Crippen LogP contribution in [-0.2, 0) is 6.54 Å². The molecule has 0 atom stereocenters. The van der Waals surface area contributed by atoms with Crippen LogP contribution in [0.1, 0.15) is 12.6 Å². The normalized spacial score (nSPS) is 15.0. The van der Waals surface area contributed by atoms with Crippen LogP contribution in [0.15, 0.2) is 28.2 Å². The first kappa shape index (κ1) is 16.8. The molecule has 0 bridgehead atoms. The fourth-order valence-electron chi connectivity index (χ4n) is 2.78. The lowest BCUT2D eigenvalue weighted by Crippen LogP contribution is -2.47. The van der Waals surface area contributed by atoms with Crippen LogP contribution < -0.4 is 15.4 Å². The summed E-state index contributed by atoms with van der Waals surface area (Å²) in [7, 11) is 0. The Hall–Kier alpha value is -2.09. The lowest BCUT2D eigenvalue weighted by atomic mass is 10.3. The first-order chi connectivity index (χ1) is 11.6. The van der Waals surface area contributed by atoms with Crippen molar-refractivity contribution in [3.05, 3.63) is 34.2 Å². The second kappa shape index (κ2) is 7.21. The molecular weight excluding hydrogens is 324 g/mol. The van der Waals surface area contributed by atoms with Crippen molar-refractivity contribution in [3.8, 4) is 0 Å². The van der Waals surface area contributed by atoms with Crippen LogP contribution in [-0.4, -0.2) is 52.2 Å². The summed E-state index contributed by atoms with van der Waals surface area (Å²) < 4.78 is 1.50. The van der Waals surface area contributed by atoms with Gasteiger partial charge in [-0.3, -0.25) is 4.79 Å².